The van der Waals surface area contributed by atoms with Gasteiger partial charge in [-0.15, -0.1) is 0 Å². The van der Waals surface area contributed by atoms with Gasteiger partial charge in [0.15, 0.2) is 0 Å². The van der Waals surface area contributed by atoms with Crippen molar-refractivity contribution < 1.29 is 15.0 Å². The third-order valence-corrected chi connectivity index (χ3v) is 5.55. The number of nitrogens with one attached hydrogen (secondary N) is 1. The van der Waals surface area contributed by atoms with Crippen molar-refractivity contribution in [2.45, 2.75) is 64.1 Å². The Labute approximate surface area is 175 Å². The van der Waals surface area contributed by atoms with E-state index in [2.05, 4.69) is 54.2 Å². The Balaban J connectivity index is 1.71. The number of benzene rings is 1. The quantitative estimate of drug-likeness (QED) is 0.368. The molecule has 0 unspecified atom stereocenters. The van der Waals surface area contributed by atoms with Crippen LogP contribution in [0.25, 0.3) is 0 Å². The standard InChI is InChI=1S/C25H36NO3/c1-2-26-25(29)18-12-4-3-10-16-21-22(24(28)19-23(21)27)17-11-6-9-15-20-13-7-5-8-14-20/h3,5-8,10-11,13-14,17,21-24,27-28H,2,4,9,12,15-16,18-19H2,1H3,(H,26,29)/b10-3-,17-11?/t21-,22-,23+,24-/m1/s1. The number of hydrogen-bond donors (Lipinski definition) is 3. The fourth-order valence-corrected chi connectivity index (χ4v) is 3.94. The molecule has 2 rings (SSSR count). The average molecular weight is 399 g/mol. The molecule has 29 heavy (non-hydrogen) atoms. The summed E-state index contributed by atoms with van der Waals surface area (Å²) in [5.41, 5.74) is 1.32. The molecule has 3 N–H and O–H groups in total. The Hall–Kier alpha value is -1.91. The molecule has 1 aromatic carbocycles. The van der Waals surface area contributed by atoms with E-state index in [1.807, 2.05) is 19.1 Å². The molecule has 4 nitrogen and oxygen atoms in total. The second-order valence-electron chi connectivity index (χ2n) is 7.81. The Bertz CT molecular complexity index is 641. The van der Waals surface area contributed by atoms with Crippen LogP contribution in [-0.4, -0.2) is 34.9 Å². The summed E-state index contributed by atoms with van der Waals surface area (Å²) in [7, 11) is 0. The molecule has 1 saturated carbocycles. The zero-order valence-corrected chi connectivity index (χ0v) is 17.5. The van der Waals surface area contributed by atoms with Gasteiger partial charge in [-0.25, -0.2) is 0 Å². The van der Waals surface area contributed by atoms with Crippen molar-refractivity contribution >= 4 is 5.91 Å². The largest absolute Gasteiger partial charge is 0.393 e. The zero-order chi connectivity index (χ0) is 20.9. The lowest BCUT2D eigenvalue weighted by molar-refractivity contribution is -0.121. The van der Waals surface area contributed by atoms with Crippen LogP contribution in [0.3, 0.4) is 0 Å². The molecule has 0 heterocycles. The van der Waals surface area contributed by atoms with Crippen molar-refractivity contribution in [3.8, 4) is 0 Å². The Morgan fingerprint density at radius 3 is 2.69 bits per heavy atom. The van der Waals surface area contributed by atoms with Gasteiger partial charge in [-0.2, -0.15) is 0 Å². The summed E-state index contributed by atoms with van der Waals surface area (Å²) in [5.74, 6) is 0.130. The molecule has 0 saturated heterocycles. The summed E-state index contributed by atoms with van der Waals surface area (Å²) in [5, 5.41) is 23.4. The van der Waals surface area contributed by atoms with Crippen molar-refractivity contribution in [3.63, 3.8) is 0 Å². The molecule has 1 aliphatic rings. The predicted octanol–water partition coefficient (Wildman–Crippen LogP) is 3.99. The zero-order valence-electron chi connectivity index (χ0n) is 17.5. The van der Waals surface area contributed by atoms with Crippen LogP contribution in [0.2, 0.25) is 0 Å². The van der Waals surface area contributed by atoms with Gasteiger partial charge in [0, 0.05) is 25.3 Å². The van der Waals surface area contributed by atoms with Crippen LogP contribution in [0.5, 0.6) is 0 Å². The van der Waals surface area contributed by atoms with Gasteiger partial charge in [-0.3, -0.25) is 4.79 Å². The van der Waals surface area contributed by atoms with Gasteiger partial charge in [-0.1, -0.05) is 54.6 Å². The first-order valence-corrected chi connectivity index (χ1v) is 10.9. The number of allylic oxidation sites excluding steroid dienone is 3. The maximum Gasteiger partial charge on any atom is 0.219 e. The van der Waals surface area contributed by atoms with Crippen LogP contribution in [0, 0.1) is 18.3 Å². The predicted molar refractivity (Wildman–Crippen MR) is 118 cm³/mol. The smallest absolute Gasteiger partial charge is 0.219 e. The maximum absolute atomic E-state index is 11.4. The number of aliphatic hydroxyl groups is 2. The topological polar surface area (TPSA) is 69.6 Å². The summed E-state index contributed by atoms with van der Waals surface area (Å²) in [4.78, 5) is 11.4. The van der Waals surface area contributed by atoms with Gasteiger partial charge in [0.1, 0.15) is 0 Å². The van der Waals surface area contributed by atoms with Gasteiger partial charge >= 0.3 is 0 Å². The molecule has 1 fully saturated rings. The lowest BCUT2D eigenvalue weighted by atomic mass is 9.89. The van der Waals surface area contributed by atoms with Crippen molar-refractivity contribution in [1.82, 2.24) is 5.32 Å². The molecule has 1 aromatic rings. The van der Waals surface area contributed by atoms with Gasteiger partial charge in [0.05, 0.1) is 12.2 Å². The first-order chi connectivity index (χ1) is 14.1. The van der Waals surface area contributed by atoms with E-state index >= 15 is 0 Å². The number of unbranched alkanes of at least 4 members (excludes halogenated alkanes) is 2. The second kappa shape index (κ2) is 13.3. The lowest BCUT2D eigenvalue weighted by Crippen LogP contribution is -2.21. The first kappa shape index (κ1) is 23.4. The highest BCUT2D eigenvalue weighted by molar-refractivity contribution is 5.75. The van der Waals surface area contributed by atoms with Crippen LogP contribution in [0.4, 0.5) is 0 Å². The van der Waals surface area contributed by atoms with Crippen LogP contribution < -0.4 is 5.32 Å². The lowest BCUT2D eigenvalue weighted by Gasteiger charge is -2.19. The Kier molecular flexibility index (Phi) is 10.7. The third-order valence-electron chi connectivity index (χ3n) is 5.55. The highest BCUT2D eigenvalue weighted by Crippen LogP contribution is 2.36. The highest BCUT2D eigenvalue weighted by atomic mass is 16.3. The van der Waals surface area contributed by atoms with E-state index in [9.17, 15) is 15.0 Å². The van der Waals surface area contributed by atoms with Gasteiger partial charge in [0.25, 0.3) is 0 Å². The third kappa shape index (κ3) is 8.55. The molecule has 0 aromatic heterocycles. The first-order valence-electron chi connectivity index (χ1n) is 10.9. The van der Waals surface area contributed by atoms with Crippen molar-refractivity contribution in [2.75, 3.05) is 6.54 Å². The van der Waals surface area contributed by atoms with Crippen LogP contribution in [-0.2, 0) is 11.2 Å². The van der Waals surface area contributed by atoms with Crippen molar-refractivity contribution in [3.05, 3.63) is 66.6 Å². The van der Waals surface area contributed by atoms with Gasteiger partial charge in [-0.05, 0) is 56.9 Å². The summed E-state index contributed by atoms with van der Waals surface area (Å²) in [6, 6.07) is 10.4. The minimum absolute atomic E-state index is 0.0158. The van der Waals surface area contributed by atoms with Crippen LogP contribution in [0.15, 0.2) is 54.6 Å². The van der Waals surface area contributed by atoms with E-state index in [4.69, 9.17) is 0 Å². The molecular formula is C25H36NO3. The fraction of sp³-hybridized carbons (Fsp3) is 0.520. The van der Waals surface area contributed by atoms with Crippen LogP contribution in [0.1, 0.15) is 51.0 Å². The van der Waals surface area contributed by atoms with E-state index in [1.54, 1.807) is 0 Å². The highest BCUT2D eigenvalue weighted by Gasteiger charge is 2.39. The van der Waals surface area contributed by atoms with E-state index < -0.39 is 12.2 Å². The SMILES string of the molecule is CCNC(=O)CCC/C=C\C[C@@H]1[C@@H](C=C[CH]CCc2ccccc2)[C@H](O)C[C@@H]1O. The van der Waals surface area contributed by atoms with Crippen molar-refractivity contribution in [2.24, 2.45) is 11.8 Å². The monoisotopic (exact) mass is 398 g/mol. The van der Waals surface area contributed by atoms with Gasteiger partial charge in [0.2, 0.25) is 5.91 Å². The molecule has 0 spiro atoms. The molecule has 1 amide bonds. The molecule has 1 aliphatic carbocycles. The number of amides is 1. The average Bonchev–Trinajstić information content (AvgIpc) is 2.98. The number of carbonyl (C=O) groups is 1. The van der Waals surface area contributed by atoms with E-state index in [0.29, 0.717) is 19.4 Å². The minimum Gasteiger partial charge on any atom is -0.393 e. The second-order valence-corrected chi connectivity index (χ2v) is 7.81. The summed E-state index contributed by atoms with van der Waals surface area (Å²) >= 11 is 0. The number of aryl methyl sites for hydroxylation is 1. The van der Waals surface area contributed by atoms with E-state index in [-0.39, 0.29) is 17.7 Å². The summed E-state index contributed by atoms with van der Waals surface area (Å²) in [6.07, 6.45) is 14.8. The van der Waals surface area contributed by atoms with E-state index in [0.717, 1.165) is 32.1 Å². The van der Waals surface area contributed by atoms with Gasteiger partial charge < -0.3 is 15.5 Å². The number of carbonyl (C=O) groups excluding carboxylic acids is 1. The molecule has 0 bridgehead atoms. The molecule has 4 heteroatoms. The van der Waals surface area contributed by atoms with E-state index in [1.165, 1.54) is 5.56 Å². The minimum atomic E-state index is -0.486. The fourth-order valence-electron chi connectivity index (χ4n) is 3.94. The normalized spacial score (nSPS) is 24.5. The maximum atomic E-state index is 11.4. The number of hydrogen-bond acceptors (Lipinski definition) is 3. The van der Waals surface area contributed by atoms with Crippen LogP contribution >= 0.6 is 0 Å². The number of rotatable bonds is 12. The molecular weight excluding hydrogens is 362 g/mol. The summed E-state index contributed by atoms with van der Waals surface area (Å²) in [6.45, 7) is 2.60. The molecule has 0 aliphatic heterocycles. The number of aliphatic hydroxyl groups excluding tert-OH is 2. The molecule has 4 atom stereocenters. The Morgan fingerprint density at radius 1 is 1.14 bits per heavy atom. The molecule has 1 radical (unpaired) electrons. The van der Waals surface area contributed by atoms with Crippen molar-refractivity contribution in [1.29, 1.82) is 0 Å². The Morgan fingerprint density at radius 2 is 1.93 bits per heavy atom. The molecule has 159 valence electrons. The summed E-state index contributed by atoms with van der Waals surface area (Å²) < 4.78 is 0.